The molecule has 1 heteroatoms. The summed E-state index contributed by atoms with van der Waals surface area (Å²) in [5, 5.41) is 2.09. The summed E-state index contributed by atoms with van der Waals surface area (Å²) < 4.78 is 0. The molecule has 0 radical (unpaired) electrons. The maximum absolute atomic E-state index is 4.01. The van der Waals surface area contributed by atoms with E-state index in [2.05, 4.69) is 11.6 Å². The predicted molar refractivity (Wildman–Crippen MR) is 61.2 cm³/mol. The van der Waals surface area contributed by atoms with Crippen LogP contribution < -0.4 is 10.4 Å². The lowest BCUT2D eigenvalue weighted by atomic mass is 10.3. The second kappa shape index (κ2) is 7.29. The standard InChI is InChI=1S/C10H11N.C2H6/c1-3-11-8-10-7-5-4-6-9(10)2;1-2/h3-8H,2H2,1H3;1-2H3/b10-8-,11-3?;. The highest BCUT2D eigenvalue weighted by molar-refractivity contribution is 5.57. The van der Waals surface area contributed by atoms with E-state index in [0.29, 0.717) is 0 Å². The number of benzene rings is 1. The summed E-state index contributed by atoms with van der Waals surface area (Å²) >= 11 is 0. The lowest BCUT2D eigenvalue weighted by molar-refractivity contribution is 1.50. The Kier molecular flexibility index (Phi) is 6.52. The second-order valence-electron chi connectivity index (χ2n) is 2.24. The summed E-state index contributed by atoms with van der Waals surface area (Å²) in [6.45, 7) is 9.76. The van der Waals surface area contributed by atoms with Crippen molar-refractivity contribution in [2.75, 3.05) is 0 Å². The Balaban J connectivity index is 0.000000671. The van der Waals surface area contributed by atoms with Crippen LogP contribution in [-0.4, -0.2) is 6.21 Å². The van der Waals surface area contributed by atoms with E-state index in [-0.39, 0.29) is 0 Å². The Morgan fingerprint density at radius 2 is 1.85 bits per heavy atom. The van der Waals surface area contributed by atoms with Gasteiger partial charge in [-0.05, 0) is 17.4 Å². The van der Waals surface area contributed by atoms with Gasteiger partial charge in [-0.25, -0.2) is 0 Å². The van der Waals surface area contributed by atoms with E-state index in [9.17, 15) is 0 Å². The Morgan fingerprint density at radius 1 is 1.23 bits per heavy atom. The maximum Gasteiger partial charge on any atom is 0.0342 e. The molecule has 0 saturated carbocycles. The third-order valence-corrected chi connectivity index (χ3v) is 1.42. The third-order valence-electron chi connectivity index (χ3n) is 1.42. The fourth-order valence-corrected chi connectivity index (χ4v) is 0.815. The molecule has 1 aromatic rings. The molecule has 0 aliphatic rings. The first-order chi connectivity index (χ1) is 6.34. The average Bonchev–Trinajstić information content (AvgIpc) is 2.20. The summed E-state index contributed by atoms with van der Waals surface area (Å²) in [5.41, 5.74) is 0. The summed E-state index contributed by atoms with van der Waals surface area (Å²) in [7, 11) is 0. The average molecular weight is 175 g/mol. The van der Waals surface area contributed by atoms with Gasteiger partial charge < -0.3 is 0 Å². The van der Waals surface area contributed by atoms with Crippen LogP contribution in [0.5, 0.6) is 0 Å². The number of hydrogen-bond donors (Lipinski definition) is 0. The van der Waals surface area contributed by atoms with Crippen LogP contribution in [0.15, 0.2) is 29.3 Å². The predicted octanol–water partition coefficient (Wildman–Crippen LogP) is 1.95. The van der Waals surface area contributed by atoms with E-state index in [4.69, 9.17) is 0 Å². The summed E-state index contributed by atoms with van der Waals surface area (Å²) in [6.07, 6.45) is 3.56. The van der Waals surface area contributed by atoms with Gasteiger partial charge in [0.1, 0.15) is 0 Å². The van der Waals surface area contributed by atoms with Gasteiger partial charge in [-0.3, -0.25) is 4.99 Å². The number of nitrogens with zero attached hydrogens (tertiary/aromatic N) is 1. The lowest BCUT2D eigenvalue weighted by Gasteiger charge is -1.83. The molecule has 70 valence electrons. The topological polar surface area (TPSA) is 12.4 Å². The van der Waals surface area contributed by atoms with E-state index < -0.39 is 0 Å². The van der Waals surface area contributed by atoms with Gasteiger partial charge >= 0.3 is 0 Å². The van der Waals surface area contributed by atoms with Crippen molar-refractivity contribution >= 4 is 19.0 Å². The van der Waals surface area contributed by atoms with Gasteiger partial charge in [0.2, 0.25) is 0 Å². The van der Waals surface area contributed by atoms with Crippen molar-refractivity contribution in [3.63, 3.8) is 0 Å². The van der Waals surface area contributed by atoms with Crippen molar-refractivity contribution in [2.24, 2.45) is 4.99 Å². The van der Waals surface area contributed by atoms with Gasteiger partial charge in [0.15, 0.2) is 0 Å². The van der Waals surface area contributed by atoms with Gasteiger partial charge in [-0.2, -0.15) is 0 Å². The molecule has 0 aliphatic heterocycles. The van der Waals surface area contributed by atoms with Crippen molar-refractivity contribution in [1.82, 2.24) is 0 Å². The van der Waals surface area contributed by atoms with Crippen LogP contribution in [0.25, 0.3) is 12.8 Å². The third kappa shape index (κ3) is 4.26. The van der Waals surface area contributed by atoms with Gasteiger partial charge in [-0.1, -0.05) is 44.7 Å². The molecule has 0 saturated heterocycles. The molecule has 0 heterocycles. The number of aliphatic imine (C=N–C) groups is 1. The largest absolute Gasteiger partial charge is 0.269 e. The Bertz CT molecular complexity index is 350. The van der Waals surface area contributed by atoms with Crippen molar-refractivity contribution in [3.05, 3.63) is 34.7 Å². The van der Waals surface area contributed by atoms with E-state index in [1.165, 1.54) is 0 Å². The van der Waals surface area contributed by atoms with Crippen molar-refractivity contribution in [1.29, 1.82) is 0 Å². The number of rotatable bonds is 1. The van der Waals surface area contributed by atoms with Crippen LogP contribution in [0, 0.1) is 0 Å². The van der Waals surface area contributed by atoms with Gasteiger partial charge in [0.05, 0.1) is 0 Å². The van der Waals surface area contributed by atoms with Gasteiger partial charge in [-0.15, -0.1) is 0 Å². The lowest BCUT2D eigenvalue weighted by Crippen LogP contribution is -2.21. The molecular weight excluding hydrogens is 158 g/mol. The maximum atomic E-state index is 4.01. The molecule has 0 aromatic heterocycles. The first-order valence-electron chi connectivity index (χ1n) is 4.56. The van der Waals surface area contributed by atoms with E-state index >= 15 is 0 Å². The fourth-order valence-electron chi connectivity index (χ4n) is 0.815. The molecule has 0 atom stereocenters. The smallest absolute Gasteiger partial charge is 0.0342 e. The Morgan fingerprint density at radius 3 is 2.38 bits per heavy atom. The zero-order valence-electron chi connectivity index (χ0n) is 8.62. The molecule has 0 unspecified atom stereocenters. The Labute approximate surface area is 80.1 Å². The monoisotopic (exact) mass is 175 g/mol. The van der Waals surface area contributed by atoms with Crippen LogP contribution in [0.1, 0.15) is 20.8 Å². The van der Waals surface area contributed by atoms with Gasteiger partial charge in [0, 0.05) is 12.4 Å². The van der Waals surface area contributed by atoms with Crippen LogP contribution in [-0.2, 0) is 0 Å². The van der Waals surface area contributed by atoms with Crippen LogP contribution in [0.3, 0.4) is 0 Å². The van der Waals surface area contributed by atoms with Crippen LogP contribution in [0.2, 0.25) is 0 Å². The van der Waals surface area contributed by atoms with Crippen molar-refractivity contribution in [3.8, 4) is 0 Å². The summed E-state index contributed by atoms with van der Waals surface area (Å²) in [4.78, 5) is 4.01. The highest BCUT2D eigenvalue weighted by Crippen LogP contribution is 1.71. The van der Waals surface area contributed by atoms with Crippen LogP contribution in [0.4, 0.5) is 0 Å². The molecular formula is C12H17N. The molecule has 0 fully saturated rings. The SMILES string of the molecule is C=c1cccc/c1=C/N=CC.CC. The highest BCUT2D eigenvalue weighted by atomic mass is 14.6. The summed E-state index contributed by atoms with van der Waals surface area (Å²) in [5.74, 6) is 0. The van der Waals surface area contributed by atoms with Crippen molar-refractivity contribution in [2.45, 2.75) is 20.8 Å². The molecule has 13 heavy (non-hydrogen) atoms. The molecule has 0 spiro atoms. The molecule has 0 bridgehead atoms. The first-order valence-corrected chi connectivity index (χ1v) is 4.56. The highest BCUT2D eigenvalue weighted by Gasteiger charge is 1.76. The quantitative estimate of drug-likeness (QED) is 0.578. The van der Waals surface area contributed by atoms with Crippen molar-refractivity contribution < 1.29 is 0 Å². The normalized spacial score (nSPS) is 11.2. The van der Waals surface area contributed by atoms with Gasteiger partial charge in [0.25, 0.3) is 0 Å². The Hall–Kier alpha value is -1.37. The zero-order chi connectivity index (χ0) is 10.1. The zero-order valence-corrected chi connectivity index (χ0v) is 8.62. The van der Waals surface area contributed by atoms with E-state index in [0.717, 1.165) is 10.4 Å². The molecule has 0 amide bonds. The van der Waals surface area contributed by atoms with E-state index in [1.807, 2.05) is 51.2 Å². The fraction of sp³-hybridized carbons (Fsp3) is 0.250. The second-order valence-corrected chi connectivity index (χ2v) is 2.24. The summed E-state index contributed by atoms with van der Waals surface area (Å²) in [6, 6.07) is 7.91. The minimum Gasteiger partial charge on any atom is -0.269 e. The molecule has 0 aliphatic carbocycles. The van der Waals surface area contributed by atoms with E-state index in [1.54, 1.807) is 6.21 Å². The molecule has 1 aromatic carbocycles. The molecule has 1 nitrogen and oxygen atoms in total. The number of hydrogen-bond acceptors (Lipinski definition) is 1. The first kappa shape index (κ1) is 11.6. The molecule has 0 N–H and O–H groups in total. The molecule has 1 rings (SSSR count). The minimum absolute atomic E-state index is 1.01. The minimum atomic E-state index is 1.01. The van der Waals surface area contributed by atoms with Crippen LogP contribution >= 0.6 is 0 Å².